The number of ether oxygens (including phenoxy) is 1. The molecule has 0 fully saturated rings. The van der Waals surface area contributed by atoms with Gasteiger partial charge in [-0.25, -0.2) is 9.59 Å². The summed E-state index contributed by atoms with van der Waals surface area (Å²) in [6, 6.07) is -0.0125. The van der Waals surface area contributed by atoms with Crippen molar-refractivity contribution in [2.24, 2.45) is 0 Å². The maximum atomic E-state index is 11.2. The summed E-state index contributed by atoms with van der Waals surface area (Å²) in [5, 5.41) is 12.6. The van der Waals surface area contributed by atoms with Gasteiger partial charge in [-0.2, -0.15) is 5.10 Å². The van der Waals surface area contributed by atoms with Crippen LogP contribution in [0.5, 0.6) is 0 Å². The zero-order chi connectivity index (χ0) is 11.6. The molecule has 0 aliphatic heterocycles. The number of carboxylic acid groups (broad SMARTS) is 1. The smallest absolute Gasteiger partial charge is 0.357 e. The molecule has 0 aliphatic rings. The van der Waals surface area contributed by atoms with Gasteiger partial charge >= 0.3 is 11.9 Å². The van der Waals surface area contributed by atoms with Gasteiger partial charge in [0.15, 0.2) is 5.69 Å². The second kappa shape index (κ2) is 4.12. The summed E-state index contributed by atoms with van der Waals surface area (Å²) in [6.45, 7) is 3.67. The average molecular weight is 212 g/mol. The maximum Gasteiger partial charge on any atom is 0.357 e. The van der Waals surface area contributed by atoms with E-state index in [-0.39, 0.29) is 17.3 Å². The quantitative estimate of drug-likeness (QED) is 0.754. The van der Waals surface area contributed by atoms with E-state index < -0.39 is 11.9 Å². The second-order valence-electron chi connectivity index (χ2n) is 3.26. The van der Waals surface area contributed by atoms with Crippen LogP contribution in [0, 0.1) is 0 Å². The van der Waals surface area contributed by atoms with Crippen LogP contribution in [-0.2, 0) is 4.74 Å². The second-order valence-corrected chi connectivity index (χ2v) is 3.26. The van der Waals surface area contributed by atoms with Gasteiger partial charge < -0.3 is 9.84 Å². The molecule has 82 valence electrons. The third-order valence-corrected chi connectivity index (χ3v) is 1.87. The number of rotatable bonds is 3. The number of nitrogens with zero attached hydrogens (tertiary/aromatic N) is 2. The highest BCUT2D eigenvalue weighted by molar-refractivity contribution is 6.00. The van der Waals surface area contributed by atoms with Crippen LogP contribution in [0.1, 0.15) is 40.7 Å². The Morgan fingerprint density at radius 2 is 2.13 bits per heavy atom. The fourth-order valence-electron chi connectivity index (χ4n) is 1.07. The van der Waals surface area contributed by atoms with Crippen molar-refractivity contribution in [2.75, 3.05) is 7.11 Å². The number of carboxylic acids is 1. The molecule has 1 aromatic rings. The molecule has 0 radical (unpaired) electrons. The van der Waals surface area contributed by atoms with Gasteiger partial charge in [0.25, 0.3) is 0 Å². The van der Waals surface area contributed by atoms with E-state index in [1.807, 2.05) is 13.8 Å². The highest BCUT2D eigenvalue weighted by Crippen LogP contribution is 2.12. The molecule has 15 heavy (non-hydrogen) atoms. The van der Waals surface area contributed by atoms with Crippen LogP contribution in [0.3, 0.4) is 0 Å². The Balaban J connectivity index is 3.23. The van der Waals surface area contributed by atoms with Crippen LogP contribution < -0.4 is 0 Å². The molecule has 0 spiro atoms. The van der Waals surface area contributed by atoms with Crippen molar-refractivity contribution < 1.29 is 19.4 Å². The van der Waals surface area contributed by atoms with Crippen molar-refractivity contribution in [1.82, 2.24) is 9.78 Å². The van der Waals surface area contributed by atoms with Crippen molar-refractivity contribution in [3.8, 4) is 0 Å². The third kappa shape index (κ3) is 2.15. The molecule has 0 amide bonds. The number of methoxy groups -OCH3 is 1. The van der Waals surface area contributed by atoms with Crippen LogP contribution in [0.25, 0.3) is 0 Å². The number of aromatic carboxylic acids is 1. The number of aromatic nitrogens is 2. The van der Waals surface area contributed by atoms with Crippen molar-refractivity contribution in [3.63, 3.8) is 0 Å². The van der Waals surface area contributed by atoms with Crippen LogP contribution in [0.15, 0.2) is 6.20 Å². The summed E-state index contributed by atoms with van der Waals surface area (Å²) in [6.07, 6.45) is 1.37. The van der Waals surface area contributed by atoms with E-state index in [4.69, 9.17) is 5.11 Å². The van der Waals surface area contributed by atoms with E-state index in [1.54, 1.807) is 0 Å². The van der Waals surface area contributed by atoms with Crippen molar-refractivity contribution in [2.45, 2.75) is 19.9 Å². The SMILES string of the molecule is COC(=O)c1cn(C(C)C)nc1C(=O)O. The molecular weight excluding hydrogens is 200 g/mol. The predicted octanol–water partition coefficient (Wildman–Crippen LogP) is 0.949. The van der Waals surface area contributed by atoms with Crippen molar-refractivity contribution >= 4 is 11.9 Å². The normalized spacial score (nSPS) is 10.4. The molecule has 1 rings (SSSR count). The van der Waals surface area contributed by atoms with E-state index in [2.05, 4.69) is 9.84 Å². The summed E-state index contributed by atoms with van der Waals surface area (Å²) >= 11 is 0. The summed E-state index contributed by atoms with van der Waals surface area (Å²) in [4.78, 5) is 22.0. The molecule has 0 bridgehead atoms. The maximum absolute atomic E-state index is 11.2. The van der Waals surface area contributed by atoms with E-state index in [9.17, 15) is 9.59 Å². The van der Waals surface area contributed by atoms with Gasteiger partial charge in [0.05, 0.1) is 7.11 Å². The molecule has 0 atom stereocenters. The molecule has 1 heterocycles. The first kappa shape index (κ1) is 11.2. The van der Waals surface area contributed by atoms with E-state index in [1.165, 1.54) is 18.0 Å². The van der Waals surface area contributed by atoms with Crippen LogP contribution in [0.2, 0.25) is 0 Å². The Morgan fingerprint density at radius 1 is 1.53 bits per heavy atom. The first-order valence-corrected chi connectivity index (χ1v) is 4.38. The highest BCUT2D eigenvalue weighted by atomic mass is 16.5. The van der Waals surface area contributed by atoms with Crippen LogP contribution in [-0.4, -0.2) is 33.9 Å². The molecule has 0 aromatic carbocycles. The van der Waals surface area contributed by atoms with E-state index in [0.717, 1.165) is 0 Å². The number of hydrogen-bond acceptors (Lipinski definition) is 4. The molecule has 1 N–H and O–H groups in total. The lowest BCUT2D eigenvalue weighted by molar-refractivity contribution is 0.0582. The average Bonchev–Trinajstić information content (AvgIpc) is 2.61. The minimum atomic E-state index is -1.24. The summed E-state index contributed by atoms with van der Waals surface area (Å²) < 4.78 is 5.88. The van der Waals surface area contributed by atoms with Gasteiger partial charge in [-0.3, -0.25) is 4.68 Å². The predicted molar refractivity (Wildman–Crippen MR) is 50.9 cm³/mol. The zero-order valence-electron chi connectivity index (χ0n) is 8.72. The first-order chi connectivity index (χ1) is 6.97. The highest BCUT2D eigenvalue weighted by Gasteiger charge is 2.22. The van der Waals surface area contributed by atoms with Gasteiger partial charge in [-0.05, 0) is 13.8 Å². The summed E-state index contributed by atoms with van der Waals surface area (Å²) in [5.74, 6) is -1.94. The Bertz CT molecular complexity index is 395. The van der Waals surface area contributed by atoms with E-state index in [0.29, 0.717) is 0 Å². The van der Waals surface area contributed by atoms with Crippen LogP contribution in [0.4, 0.5) is 0 Å². The van der Waals surface area contributed by atoms with Gasteiger partial charge in [0.1, 0.15) is 5.56 Å². The summed E-state index contributed by atoms with van der Waals surface area (Å²) in [5.41, 5.74) is -0.311. The monoisotopic (exact) mass is 212 g/mol. The fourth-order valence-corrected chi connectivity index (χ4v) is 1.07. The Morgan fingerprint density at radius 3 is 2.53 bits per heavy atom. The lowest BCUT2D eigenvalue weighted by atomic mass is 10.2. The lowest BCUT2D eigenvalue weighted by Crippen LogP contribution is -2.08. The Labute approximate surface area is 86.5 Å². The Kier molecular flexibility index (Phi) is 3.08. The lowest BCUT2D eigenvalue weighted by Gasteiger charge is -2.02. The van der Waals surface area contributed by atoms with Gasteiger partial charge in [0, 0.05) is 12.2 Å². The standard InChI is InChI=1S/C9H12N2O4/c1-5(2)11-4-6(9(14)15-3)7(10-11)8(12)13/h4-5H,1-3H3,(H,12,13). The molecule has 0 saturated carbocycles. The number of hydrogen-bond donors (Lipinski definition) is 1. The first-order valence-electron chi connectivity index (χ1n) is 4.38. The van der Waals surface area contributed by atoms with Gasteiger partial charge in [-0.15, -0.1) is 0 Å². The van der Waals surface area contributed by atoms with E-state index >= 15 is 0 Å². The van der Waals surface area contributed by atoms with Gasteiger partial charge in [-0.1, -0.05) is 0 Å². The molecular formula is C9H12N2O4. The fraction of sp³-hybridized carbons (Fsp3) is 0.444. The molecule has 6 nitrogen and oxygen atoms in total. The largest absolute Gasteiger partial charge is 0.476 e. The van der Waals surface area contributed by atoms with Gasteiger partial charge in [0.2, 0.25) is 0 Å². The topological polar surface area (TPSA) is 81.4 Å². The zero-order valence-corrected chi connectivity index (χ0v) is 8.72. The van der Waals surface area contributed by atoms with Crippen molar-refractivity contribution in [1.29, 1.82) is 0 Å². The number of esters is 1. The molecule has 6 heteroatoms. The molecule has 0 unspecified atom stereocenters. The molecule has 0 saturated heterocycles. The summed E-state index contributed by atoms with van der Waals surface area (Å²) in [7, 11) is 1.20. The molecule has 1 aromatic heterocycles. The third-order valence-electron chi connectivity index (χ3n) is 1.87. The minimum Gasteiger partial charge on any atom is -0.476 e. The minimum absolute atomic E-state index is 0.0125. The number of carbonyl (C=O) groups is 2. The van der Waals surface area contributed by atoms with Crippen LogP contribution >= 0.6 is 0 Å². The molecule has 0 aliphatic carbocycles. The Hall–Kier alpha value is -1.85. The number of carbonyl (C=O) groups excluding carboxylic acids is 1. The van der Waals surface area contributed by atoms with Crippen molar-refractivity contribution in [3.05, 3.63) is 17.5 Å².